The molecule has 0 spiro atoms. The lowest BCUT2D eigenvalue weighted by atomic mass is 9.93. The van der Waals surface area contributed by atoms with Crippen molar-refractivity contribution in [2.45, 2.75) is 57.7 Å². The highest BCUT2D eigenvalue weighted by Gasteiger charge is 2.24. The predicted molar refractivity (Wildman–Crippen MR) is 77.2 cm³/mol. The minimum Gasteiger partial charge on any atom is -0.391 e. The second-order valence-corrected chi connectivity index (χ2v) is 5.28. The summed E-state index contributed by atoms with van der Waals surface area (Å²) in [6.07, 6.45) is 7.78. The lowest BCUT2D eigenvalue weighted by Crippen LogP contribution is -2.48. The molecule has 2 rings (SSSR count). The van der Waals surface area contributed by atoms with Gasteiger partial charge in [0.25, 0.3) is 0 Å². The summed E-state index contributed by atoms with van der Waals surface area (Å²) in [5, 5.41) is 15.5. The van der Waals surface area contributed by atoms with Crippen LogP contribution in [-0.4, -0.2) is 28.3 Å². The van der Waals surface area contributed by atoms with E-state index in [4.69, 9.17) is 0 Å². The molecule has 2 atom stereocenters. The highest BCUT2D eigenvalue weighted by atomic mass is 16.3. The summed E-state index contributed by atoms with van der Waals surface area (Å²) < 4.78 is 0. The summed E-state index contributed by atoms with van der Waals surface area (Å²) in [6, 6.07) is 1.59. The SMILES string of the molecule is CCc1cnccc1CNC(=O)NC1CCCCC1O. The van der Waals surface area contributed by atoms with Crippen LogP contribution in [0.5, 0.6) is 0 Å². The molecule has 1 aliphatic carbocycles. The van der Waals surface area contributed by atoms with Crippen molar-refractivity contribution in [2.75, 3.05) is 0 Å². The number of carbonyl (C=O) groups excluding carboxylic acids is 1. The summed E-state index contributed by atoms with van der Waals surface area (Å²) in [6.45, 7) is 2.55. The Morgan fingerprint density at radius 1 is 1.40 bits per heavy atom. The molecule has 1 aromatic heterocycles. The second kappa shape index (κ2) is 7.24. The Morgan fingerprint density at radius 2 is 2.20 bits per heavy atom. The Bertz CT molecular complexity index is 450. The average molecular weight is 277 g/mol. The highest BCUT2D eigenvalue weighted by molar-refractivity contribution is 5.74. The molecular weight excluding hydrogens is 254 g/mol. The number of pyridine rings is 1. The highest BCUT2D eigenvalue weighted by Crippen LogP contribution is 2.18. The molecule has 5 nitrogen and oxygen atoms in total. The summed E-state index contributed by atoms with van der Waals surface area (Å²) in [5.41, 5.74) is 2.23. The molecule has 1 heterocycles. The first-order chi connectivity index (χ1) is 9.70. The van der Waals surface area contributed by atoms with Gasteiger partial charge in [0.1, 0.15) is 0 Å². The number of carbonyl (C=O) groups is 1. The Balaban J connectivity index is 1.82. The zero-order valence-corrected chi connectivity index (χ0v) is 11.9. The third-order valence-electron chi connectivity index (χ3n) is 3.87. The molecule has 0 bridgehead atoms. The van der Waals surface area contributed by atoms with E-state index in [-0.39, 0.29) is 12.1 Å². The zero-order chi connectivity index (χ0) is 14.4. The van der Waals surface area contributed by atoms with Gasteiger partial charge in [0.15, 0.2) is 0 Å². The quantitative estimate of drug-likeness (QED) is 0.785. The molecule has 2 amide bonds. The number of aliphatic hydroxyl groups excluding tert-OH is 1. The van der Waals surface area contributed by atoms with Crippen molar-refractivity contribution in [3.8, 4) is 0 Å². The molecule has 20 heavy (non-hydrogen) atoms. The van der Waals surface area contributed by atoms with E-state index >= 15 is 0 Å². The zero-order valence-electron chi connectivity index (χ0n) is 11.9. The largest absolute Gasteiger partial charge is 0.391 e. The van der Waals surface area contributed by atoms with Crippen molar-refractivity contribution in [1.82, 2.24) is 15.6 Å². The minimum absolute atomic E-state index is 0.119. The van der Waals surface area contributed by atoms with Crippen LogP contribution in [0.1, 0.15) is 43.7 Å². The van der Waals surface area contributed by atoms with Crippen LogP contribution in [0, 0.1) is 0 Å². The topological polar surface area (TPSA) is 74.2 Å². The lowest BCUT2D eigenvalue weighted by molar-refractivity contribution is 0.0943. The Kier molecular flexibility index (Phi) is 5.35. The lowest BCUT2D eigenvalue weighted by Gasteiger charge is -2.28. The number of aromatic nitrogens is 1. The van der Waals surface area contributed by atoms with Gasteiger partial charge in [-0.1, -0.05) is 19.8 Å². The van der Waals surface area contributed by atoms with Crippen molar-refractivity contribution in [2.24, 2.45) is 0 Å². The maximum absolute atomic E-state index is 11.9. The number of rotatable bonds is 4. The Labute approximate surface area is 119 Å². The fraction of sp³-hybridized carbons (Fsp3) is 0.600. The molecule has 1 aromatic rings. The number of hydrogen-bond donors (Lipinski definition) is 3. The first-order valence-electron chi connectivity index (χ1n) is 7.35. The summed E-state index contributed by atoms with van der Waals surface area (Å²) >= 11 is 0. The standard InChI is InChI=1S/C15H23N3O2/c1-2-11-9-16-8-7-12(11)10-17-15(20)18-13-5-3-4-6-14(13)19/h7-9,13-14,19H,2-6,10H2,1H3,(H2,17,18,20). The van der Waals surface area contributed by atoms with Crippen molar-refractivity contribution in [1.29, 1.82) is 0 Å². The van der Waals surface area contributed by atoms with Crippen LogP contribution in [0.4, 0.5) is 4.79 Å². The smallest absolute Gasteiger partial charge is 0.315 e. The number of nitrogens with zero attached hydrogens (tertiary/aromatic N) is 1. The molecule has 3 N–H and O–H groups in total. The second-order valence-electron chi connectivity index (χ2n) is 5.28. The predicted octanol–water partition coefficient (Wildman–Crippen LogP) is 1.75. The van der Waals surface area contributed by atoms with Gasteiger partial charge < -0.3 is 15.7 Å². The maximum atomic E-state index is 11.9. The number of amides is 2. The van der Waals surface area contributed by atoms with Crippen LogP contribution in [0.2, 0.25) is 0 Å². The molecule has 5 heteroatoms. The monoisotopic (exact) mass is 277 g/mol. The van der Waals surface area contributed by atoms with Crippen molar-refractivity contribution < 1.29 is 9.90 Å². The first kappa shape index (κ1) is 14.8. The van der Waals surface area contributed by atoms with Crippen LogP contribution < -0.4 is 10.6 Å². The third kappa shape index (κ3) is 3.93. The van der Waals surface area contributed by atoms with Gasteiger partial charge in [-0.25, -0.2) is 4.79 Å². The van der Waals surface area contributed by atoms with E-state index in [1.165, 1.54) is 0 Å². The van der Waals surface area contributed by atoms with Crippen LogP contribution in [0.3, 0.4) is 0 Å². The molecule has 0 radical (unpaired) electrons. The van der Waals surface area contributed by atoms with Gasteiger partial charge in [0.2, 0.25) is 0 Å². The first-order valence-corrected chi connectivity index (χ1v) is 7.35. The molecule has 0 aliphatic heterocycles. The maximum Gasteiger partial charge on any atom is 0.315 e. The Hall–Kier alpha value is -1.62. The van der Waals surface area contributed by atoms with E-state index in [1.54, 1.807) is 6.20 Å². The van der Waals surface area contributed by atoms with E-state index in [9.17, 15) is 9.90 Å². The van der Waals surface area contributed by atoms with Crippen molar-refractivity contribution in [3.63, 3.8) is 0 Å². The molecule has 110 valence electrons. The molecule has 1 fully saturated rings. The summed E-state index contributed by atoms with van der Waals surface area (Å²) in [4.78, 5) is 16.0. The van der Waals surface area contributed by atoms with Gasteiger partial charge >= 0.3 is 6.03 Å². The van der Waals surface area contributed by atoms with E-state index < -0.39 is 6.10 Å². The molecule has 0 saturated heterocycles. The average Bonchev–Trinajstić information content (AvgIpc) is 2.48. The van der Waals surface area contributed by atoms with Gasteiger partial charge in [-0.15, -0.1) is 0 Å². The summed E-state index contributed by atoms with van der Waals surface area (Å²) in [5.74, 6) is 0. The summed E-state index contributed by atoms with van der Waals surface area (Å²) in [7, 11) is 0. The number of aryl methyl sites for hydroxylation is 1. The molecular formula is C15H23N3O2. The van der Waals surface area contributed by atoms with Gasteiger partial charge in [0, 0.05) is 18.9 Å². The van der Waals surface area contributed by atoms with Gasteiger partial charge in [-0.05, 0) is 36.5 Å². The number of hydrogen-bond acceptors (Lipinski definition) is 3. The number of nitrogens with one attached hydrogen (secondary N) is 2. The minimum atomic E-state index is -0.415. The number of urea groups is 1. The third-order valence-corrected chi connectivity index (χ3v) is 3.87. The Morgan fingerprint density at radius 3 is 2.95 bits per heavy atom. The van der Waals surface area contributed by atoms with E-state index in [1.807, 2.05) is 12.3 Å². The normalized spacial score (nSPS) is 22.3. The van der Waals surface area contributed by atoms with E-state index in [0.717, 1.165) is 43.2 Å². The van der Waals surface area contributed by atoms with Crippen LogP contribution in [-0.2, 0) is 13.0 Å². The van der Waals surface area contributed by atoms with Crippen molar-refractivity contribution in [3.05, 3.63) is 29.6 Å². The molecule has 2 unspecified atom stereocenters. The molecule has 1 saturated carbocycles. The number of aliphatic hydroxyl groups is 1. The van der Waals surface area contributed by atoms with E-state index in [2.05, 4.69) is 22.5 Å². The van der Waals surface area contributed by atoms with Crippen LogP contribution >= 0.6 is 0 Å². The molecule has 1 aliphatic rings. The van der Waals surface area contributed by atoms with Gasteiger partial charge in [-0.2, -0.15) is 0 Å². The van der Waals surface area contributed by atoms with Crippen molar-refractivity contribution >= 4 is 6.03 Å². The van der Waals surface area contributed by atoms with Crippen LogP contribution in [0.25, 0.3) is 0 Å². The fourth-order valence-electron chi connectivity index (χ4n) is 2.62. The fourth-order valence-corrected chi connectivity index (χ4v) is 2.62. The molecule has 0 aromatic carbocycles. The van der Waals surface area contributed by atoms with Gasteiger partial charge in [-0.3, -0.25) is 4.98 Å². The van der Waals surface area contributed by atoms with Crippen LogP contribution in [0.15, 0.2) is 18.5 Å². The van der Waals surface area contributed by atoms with E-state index in [0.29, 0.717) is 6.54 Å². The van der Waals surface area contributed by atoms with Gasteiger partial charge in [0.05, 0.1) is 12.1 Å².